The second-order valence-electron chi connectivity index (χ2n) is 3.92. The Bertz CT molecular complexity index is 390. The summed E-state index contributed by atoms with van der Waals surface area (Å²) in [4.78, 5) is 0. The van der Waals surface area contributed by atoms with Crippen LogP contribution in [0.5, 0.6) is 5.75 Å². The smallest absolute Gasteiger partial charge is 0.122 e. The fourth-order valence-corrected chi connectivity index (χ4v) is 1.79. The molecule has 0 aliphatic rings. The highest BCUT2D eigenvalue weighted by atomic mass is 16.5. The Morgan fingerprint density at radius 1 is 1.25 bits per heavy atom. The molecule has 0 heterocycles. The maximum atomic E-state index is 8.51. The van der Waals surface area contributed by atoms with Crippen molar-refractivity contribution in [3.63, 3.8) is 0 Å². The highest BCUT2D eigenvalue weighted by Gasteiger charge is 2.06. The molecule has 0 saturated carbocycles. The summed E-state index contributed by atoms with van der Waals surface area (Å²) in [6.07, 6.45) is 2.54. The first-order valence-electron chi connectivity index (χ1n) is 5.79. The first-order valence-corrected chi connectivity index (χ1v) is 5.79. The lowest BCUT2D eigenvalue weighted by atomic mass is 9.98. The van der Waals surface area contributed by atoms with E-state index >= 15 is 0 Å². The number of rotatable bonds is 5. The summed E-state index contributed by atoms with van der Waals surface area (Å²) in [6, 6.07) is 6.33. The topological polar surface area (TPSA) is 33.0 Å². The van der Waals surface area contributed by atoms with Crippen molar-refractivity contribution in [2.45, 2.75) is 40.0 Å². The van der Waals surface area contributed by atoms with Crippen LogP contribution in [-0.2, 0) is 6.42 Å². The van der Waals surface area contributed by atoms with Gasteiger partial charge in [0.15, 0.2) is 0 Å². The van der Waals surface area contributed by atoms with Crippen LogP contribution in [0.15, 0.2) is 12.1 Å². The zero-order valence-electron chi connectivity index (χ0n) is 10.3. The minimum atomic E-state index is 0.631. The summed E-state index contributed by atoms with van der Waals surface area (Å²) >= 11 is 0. The van der Waals surface area contributed by atoms with Crippen molar-refractivity contribution >= 4 is 0 Å². The van der Waals surface area contributed by atoms with E-state index in [9.17, 15) is 0 Å². The van der Waals surface area contributed by atoms with Gasteiger partial charge >= 0.3 is 0 Å². The van der Waals surface area contributed by atoms with Gasteiger partial charge in [-0.05, 0) is 56.4 Å². The van der Waals surface area contributed by atoms with Gasteiger partial charge in [0.25, 0.3) is 0 Å². The summed E-state index contributed by atoms with van der Waals surface area (Å²) in [5, 5.41) is 8.51. The van der Waals surface area contributed by atoms with Gasteiger partial charge in [-0.25, -0.2) is 0 Å². The quantitative estimate of drug-likeness (QED) is 0.707. The van der Waals surface area contributed by atoms with E-state index in [2.05, 4.69) is 26.0 Å². The lowest BCUT2D eigenvalue weighted by molar-refractivity contribution is 0.337. The standard InChI is InChI=1S/C14H19NO/c1-4-16-14-9-8-13(7-5-6-10-15)11(2)12(14)3/h8-9H,4-7H2,1-3H3. The predicted molar refractivity (Wildman–Crippen MR) is 65.6 cm³/mol. The molecule has 0 fully saturated rings. The first kappa shape index (κ1) is 12.6. The minimum absolute atomic E-state index is 0.631. The number of hydrogen-bond donors (Lipinski definition) is 0. The molecule has 86 valence electrons. The van der Waals surface area contributed by atoms with Gasteiger partial charge in [0, 0.05) is 6.42 Å². The number of ether oxygens (including phenoxy) is 1. The Labute approximate surface area is 97.9 Å². The van der Waals surface area contributed by atoms with Crippen LogP contribution >= 0.6 is 0 Å². The highest BCUT2D eigenvalue weighted by molar-refractivity contribution is 5.43. The molecule has 0 atom stereocenters. The number of nitrogens with zero attached hydrogens (tertiary/aromatic N) is 1. The summed E-state index contributed by atoms with van der Waals surface area (Å²) in [5.41, 5.74) is 3.84. The maximum Gasteiger partial charge on any atom is 0.122 e. The van der Waals surface area contributed by atoms with Gasteiger partial charge in [-0.1, -0.05) is 6.07 Å². The lowest BCUT2D eigenvalue weighted by Crippen LogP contribution is -1.99. The molecule has 1 rings (SSSR count). The van der Waals surface area contributed by atoms with Gasteiger partial charge in [-0.2, -0.15) is 5.26 Å². The van der Waals surface area contributed by atoms with E-state index in [1.54, 1.807) is 0 Å². The number of benzene rings is 1. The van der Waals surface area contributed by atoms with Crippen LogP contribution < -0.4 is 4.74 Å². The number of hydrogen-bond acceptors (Lipinski definition) is 2. The molecule has 0 radical (unpaired) electrons. The van der Waals surface area contributed by atoms with Gasteiger partial charge in [-0.3, -0.25) is 0 Å². The minimum Gasteiger partial charge on any atom is -0.494 e. The molecule has 0 N–H and O–H groups in total. The van der Waals surface area contributed by atoms with E-state index in [4.69, 9.17) is 10.00 Å². The van der Waals surface area contributed by atoms with Gasteiger partial charge in [0.05, 0.1) is 12.7 Å². The molecular weight excluding hydrogens is 198 g/mol. The molecule has 2 heteroatoms. The molecule has 2 nitrogen and oxygen atoms in total. The van der Waals surface area contributed by atoms with E-state index < -0.39 is 0 Å². The largest absolute Gasteiger partial charge is 0.494 e. The molecule has 0 aliphatic heterocycles. The molecular formula is C14H19NO. The average molecular weight is 217 g/mol. The van der Waals surface area contributed by atoms with E-state index in [0.29, 0.717) is 13.0 Å². The molecule has 0 spiro atoms. The van der Waals surface area contributed by atoms with Crippen LogP contribution in [0.1, 0.15) is 36.5 Å². The van der Waals surface area contributed by atoms with Gasteiger partial charge in [0.2, 0.25) is 0 Å². The van der Waals surface area contributed by atoms with Crippen molar-refractivity contribution < 1.29 is 4.74 Å². The molecule has 0 saturated heterocycles. The Kier molecular flexibility index (Phi) is 4.85. The molecule has 1 aromatic carbocycles. The van der Waals surface area contributed by atoms with E-state index in [0.717, 1.165) is 18.6 Å². The van der Waals surface area contributed by atoms with Crippen molar-refractivity contribution in [1.82, 2.24) is 0 Å². The first-order chi connectivity index (χ1) is 7.70. The molecule has 0 amide bonds. The van der Waals surface area contributed by atoms with E-state index in [-0.39, 0.29) is 0 Å². The lowest BCUT2D eigenvalue weighted by Gasteiger charge is -2.13. The van der Waals surface area contributed by atoms with Crippen molar-refractivity contribution in [1.29, 1.82) is 5.26 Å². The van der Waals surface area contributed by atoms with Gasteiger partial charge in [-0.15, -0.1) is 0 Å². The van der Waals surface area contributed by atoms with Crippen LogP contribution in [-0.4, -0.2) is 6.61 Å². The van der Waals surface area contributed by atoms with Gasteiger partial charge in [0.1, 0.15) is 5.75 Å². The van der Waals surface area contributed by atoms with Crippen LogP contribution in [0, 0.1) is 25.2 Å². The Morgan fingerprint density at radius 3 is 2.62 bits per heavy atom. The monoisotopic (exact) mass is 217 g/mol. The Morgan fingerprint density at radius 2 is 2.00 bits per heavy atom. The molecule has 1 aromatic rings. The molecule has 0 aliphatic carbocycles. The molecule has 0 aromatic heterocycles. The highest BCUT2D eigenvalue weighted by Crippen LogP contribution is 2.25. The second-order valence-corrected chi connectivity index (χ2v) is 3.92. The van der Waals surface area contributed by atoms with Gasteiger partial charge < -0.3 is 4.74 Å². The summed E-state index contributed by atoms with van der Waals surface area (Å²) in [6.45, 7) is 6.91. The Balaban J connectivity index is 2.81. The zero-order chi connectivity index (χ0) is 12.0. The predicted octanol–water partition coefficient (Wildman–Crippen LogP) is 3.55. The average Bonchev–Trinajstić information content (AvgIpc) is 2.28. The van der Waals surface area contributed by atoms with Crippen LogP contribution in [0.2, 0.25) is 0 Å². The second kappa shape index (κ2) is 6.17. The van der Waals surface area contributed by atoms with E-state index in [1.807, 2.05) is 13.0 Å². The van der Waals surface area contributed by atoms with Crippen LogP contribution in [0.25, 0.3) is 0 Å². The number of nitriles is 1. The molecule has 0 unspecified atom stereocenters. The fourth-order valence-electron chi connectivity index (χ4n) is 1.79. The van der Waals surface area contributed by atoms with E-state index in [1.165, 1.54) is 16.7 Å². The SMILES string of the molecule is CCOc1ccc(CCCC#N)c(C)c1C. The number of aryl methyl sites for hydroxylation is 1. The fraction of sp³-hybridized carbons (Fsp3) is 0.500. The summed E-state index contributed by atoms with van der Waals surface area (Å²) < 4.78 is 5.55. The summed E-state index contributed by atoms with van der Waals surface area (Å²) in [7, 11) is 0. The van der Waals surface area contributed by atoms with Crippen LogP contribution in [0.3, 0.4) is 0 Å². The molecule has 0 bridgehead atoms. The Hall–Kier alpha value is -1.49. The van der Waals surface area contributed by atoms with Crippen molar-refractivity contribution in [3.05, 3.63) is 28.8 Å². The summed E-state index contributed by atoms with van der Waals surface area (Å²) in [5.74, 6) is 0.976. The third-order valence-electron chi connectivity index (χ3n) is 2.88. The van der Waals surface area contributed by atoms with Crippen molar-refractivity contribution in [3.8, 4) is 11.8 Å². The zero-order valence-corrected chi connectivity index (χ0v) is 10.3. The third kappa shape index (κ3) is 3.00. The third-order valence-corrected chi connectivity index (χ3v) is 2.88. The van der Waals surface area contributed by atoms with Crippen LogP contribution in [0.4, 0.5) is 0 Å². The van der Waals surface area contributed by atoms with Crippen molar-refractivity contribution in [2.24, 2.45) is 0 Å². The molecule has 16 heavy (non-hydrogen) atoms. The number of unbranched alkanes of at least 4 members (excludes halogenated alkanes) is 1. The normalized spacial score (nSPS) is 9.88. The maximum absolute atomic E-state index is 8.51. The van der Waals surface area contributed by atoms with Crippen molar-refractivity contribution in [2.75, 3.05) is 6.61 Å².